The maximum atomic E-state index is 11.6. The summed E-state index contributed by atoms with van der Waals surface area (Å²) in [5, 5.41) is 2.81. The number of rotatable bonds is 3. The summed E-state index contributed by atoms with van der Waals surface area (Å²) >= 11 is 0. The Morgan fingerprint density at radius 2 is 2.29 bits per heavy atom. The summed E-state index contributed by atoms with van der Waals surface area (Å²) in [6.07, 6.45) is 1.82. The minimum absolute atomic E-state index is 0.107. The summed E-state index contributed by atoms with van der Waals surface area (Å²) in [4.78, 5) is 11.6. The topological polar surface area (TPSA) is 60.0 Å². The molecule has 78 valence electrons. The van der Waals surface area contributed by atoms with Crippen LogP contribution >= 0.6 is 0 Å². The van der Waals surface area contributed by atoms with Crippen molar-refractivity contribution in [1.29, 1.82) is 0 Å². The molecule has 0 saturated heterocycles. The summed E-state index contributed by atoms with van der Waals surface area (Å²) in [5.41, 5.74) is 6.35. The molecule has 1 aromatic rings. The zero-order valence-corrected chi connectivity index (χ0v) is 8.87. The molecule has 3 N–H and O–H groups in total. The maximum Gasteiger partial charge on any atom is 0.255 e. The molecule has 1 rings (SSSR count). The number of hydrogen-bond donors (Lipinski definition) is 2. The van der Waals surface area contributed by atoms with E-state index in [1.54, 1.807) is 6.07 Å². The maximum absolute atomic E-state index is 11.6. The van der Waals surface area contributed by atoms with Crippen LogP contribution in [0.2, 0.25) is 0 Å². The zero-order valence-electron chi connectivity index (χ0n) is 8.87. The molecule has 0 spiro atoms. The van der Waals surface area contributed by atoms with Crippen LogP contribution in [0, 0.1) is 0 Å². The normalized spacial score (nSPS) is 10.6. The molecule has 0 aliphatic heterocycles. The van der Waals surface area contributed by atoms with Gasteiger partial charge in [0.05, 0.1) is 5.56 Å². The van der Waals surface area contributed by atoms with Gasteiger partial charge in [0.1, 0.15) is 5.82 Å². The Balaban J connectivity index is 2.85. The standard InChI is InChI=1S/C10H17N3O/c1-4-13-6-5-8(9(13)11)10(14)12-7(2)3/h5-7H,4,11H2,1-3H3,(H,12,14). The van der Waals surface area contributed by atoms with E-state index >= 15 is 0 Å². The van der Waals surface area contributed by atoms with Gasteiger partial charge in [-0.05, 0) is 26.8 Å². The number of aryl methyl sites for hydroxylation is 1. The summed E-state index contributed by atoms with van der Waals surface area (Å²) < 4.78 is 1.84. The van der Waals surface area contributed by atoms with E-state index in [-0.39, 0.29) is 11.9 Å². The van der Waals surface area contributed by atoms with Gasteiger partial charge in [0.25, 0.3) is 5.91 Å². The molecule has 4 heteroatoms. The summed E-state index contributed by atoms with van der Waals surface area (Å²) in [7, 11) is 0. The number of anilines is 1. The molecule has 0 bridgehead atoms. The van der Waals surface area contributed by atoms with E-state index < -0.39 is 0 Å². The number of nitrogens with zero attached hydrogens (tertiary/aromatic N) is 1. The van der Waals surface area contributed by atoms with Crippen molar-refractivity contribution < 1.29 is 4.79 Å². The number of carbonyl (C=O) groups excluding carboxylic acids is 1. The average molecular weight is 195 g/mol. The fourth-order valence-electron chi connectivity index (χ4n) is 1.29. The van der Waals surface area contributed by atoms with Crippen molar-refractivity contribution in [1.82, 2.24) is 9.88 Å². The lowest BCUT2D eigenvalue weighted by Gasteiger charge is -2.08. The molecule has 0 aliphatic rings. The Kier molecular flexibility index (Phi) is 3.17. The Labute approximate surface area is 84.1 Å². The van der Waals surface area contributed by atoms with Crippen LogP contribution in [0.25, 0.3) is 0 Å². The smallest absolute Gasteiger partial charge is 0.255 e. The average Bonchev–Trinajstić information content (AvgIpc) is 2.45. The van der Waals surface area contributed by atoms with E-state index in [9.17, 15) is 4.79 Å². The first-order chi connectivity index (χ1) is 6.56. The number of aromatic nitrogens is 1. The van der Waals surface area contributed by atoms with E-state index in [1.807, 2.05) is 31.5 Å². The summed E-state index contributed by atoms with van der Waals surface area (Å²) in [6.45, 7) is 6.61. The number of nitrogens with one attached hydrogen (secondary N) is 1. The monoisotopic (exact) mass is 195 g/mol. The first-order valence-electron chi connectivity index (χ1n) is 4.81. The number of nitrogens with two attached hydrogens (primary N) is 1. The molecular formula is C10H17N3O. The highest BCUT2D eigenvalue weighted by Gasteiger charge is 2.13. The van der Waals surface area contributed by atoms with Gasteiger partial charge in [-0.3, -0.25) is 4.79 Å². The molecule has 14 heavy (non-hydrogen) atoms. The van der Waals surface area contributed by atoms with Crippen molar-refractivity contribution in [3.63, 3.8) is 0 Å². The second-order valence-electron chi connectivity index (χ2n) is 3.53. The van der Waals surface area contributed by atoms with Gasteiger partial charge in [0.15, 0.2) is 0 Å². The van der Waals surface area contributed by atoms with Gasteiger partial charge in [-0.15, -0.1) is 0 Å². The number of nitrogen functional groups attached to an aromatic ring is 1. The van der Waals surface area contributed by atoms with Crippen LogP contribution in [0.5, 0.6) is 0 Å². The van der Waals surface area contributed by atoms with Gasteiger partial charge in [0, 0.05) is 18.8 Å². The third-order valence-corrected chi connectivity index (χ3v) is 2.01. The van der Waals surface area contributed by atoms with E-state index in [2.05, 4.69) is 5.32 Å². The van der Waals surface area contributed by atoms with E-state index in [0.29, 0.717) is 11.4 Å². The number of hydrogen-bond acceptors (Lipinski definition) is 2. The van der Waals surface area contributed by atoms with Crippen molar-refractivity contribution in [3.05, 3.63) is 17.8 Å². The first kappa shape index (κ1) is 10.6. The van der Waals surface area contributed by atoms with E-state index in [4.69, 9.17) is 5.73 Å². The molecular weight excluding hydrogens is 178 g/mol. The number of amides is 1. The van der Waals surface area contributed by atoms with Crippen LogP contribution in [0.4, 0.5) is 5.82 Å². The highest BCUT2D eigenvalue weighted by molar-refractivity contribution is 5.98. The van der Waals surface area contributed by atoms with E-state index in [1.165, 1.54) is 0 Å². The SMILES string of the molecule is CCn1ccc(C(=O)NC(C)C)c1N. The molecule has 0 unspecified atom stereocenters. The zero-order chi connectivity index (χ0) is 10.7. The second-order valence-corrected chi connectivity index (χ2v) is 3.53. The molecule has 1 heterocycles. The highest BCUT2D eigenvalue weighted by Crippen LogP contribution is 2.13. The third-order valence-electron chi connectivity index (χ3n) is 2.01. The molecule has 4 nitrogen and oxygen atoms in total. The molecule has 0 aromatic carbocycles. The van der Waals surface area contributed by atoms with Crippen molar-refractivity contribution >= 4 is 11.7 Å². The van der Waals surface area contributed by atoms with Gasteiger partial charge >= 0.3 is 0 Å². The highest BCUT2D eigenvalue weighted by atomic mass is 16.1. The van der Waals surface area contributed by atoms with Gasteiger partial charge < -0.3 is 15.6 Å². The Morgan fingerprint density at radius 1 is 1.64 bits per heavy atom. The van der Waals surface area contributed by atoms with Crippen LogP contribution in [0.1, 0.15) is 31.1 Å². The molecule has 1 aromatic heterocycles. The van der Waals surface area contributed by atoms with Crippen LogP contribution < -0.4 is 11.1 Å². The van der Waals surface area contributed by atoms with Crippen LogP contribution in [0.3, 0.4) is 0 Å². The van der Waals surface area contributed by atoms with E-state index in [0.717, 1.165) is 6.54 Å². The largest absolute Gasteiger partial charge is 0.384 e. The molecule has 0 radical (unpaired) electrons. The summed E-state index contributed by atoms with van der Waals surface area (Å²) in [5.74, 6) is 0.426. The quantitative estimate of drug-likeness (QED) is 0.762. The third kappa shape index (κ3) is 2.07. The lowest BCUT2D eigenvalue weighted by molar-refractivity contribution is 0.0944. The molecule has 1 amide bonds. The molecule has 0 saturated carbocycles. The first-order valence-corrected chi connectivity index (χ1v) is 4.81. The fraction of sp³-hybridized carbons (Fsp3) is 0.500. The Morgan fingerprint density at radius 3 is 2.71 bits per heavy atom. The Bertz CT molecular complexity index is 328. The Hall–Kier alpha value is -1.45. The van der Waals surface area contributed by atoms with Crippen molar-refractivity contribution in [3.8, 4) is 0 Å². The molecule has 0 fully saturated rings. The van der Waals surface area contributed by atoms with Crippen molar-refractivity contribution in [2.45, 2.75) is 33.4 Å². The fourth-order valence-corrected chi connectivity index (χ4v) is 1.29. The van der Waals surface area contributed by atoms with Crippen LogP contribution in [0.15, 0.2) is 12.3 Å². The lowest BCUT2D eigenvalue weighted by atomic mass is 10.2. The minimum atomic E-state index is -0.107. The predicted molar refractivity (Wildman–Crippen MR) is 57.1 cm³/mol. The molecule has 0 aliphatic carbocycles. The van der Waals surface area contributed by atoms with Gasteiger partial charge in [-0.2, -0.15) is 0 Å². The molecule has 0 atom stereocenters. The van der Waals surface area contributed by atoms with Gasteiger partial charge in [0.2, 0.25) is 0 Å². The van der Waals surface area contributed by atoms with Gasteiger partial charge in [-0.25, -0.2) is 0 Å². The lowest BCUT2D eigenvalue weighted by Crippen LogP contribution is -2.30. The number of carbonyl (C=O) groups is 1. The van der Waals surface area contributed by atoms with Crippen molar-refractivity contribution in [2.24, 2.45) is 0 Å². The second kappa shape index (κ2) is 4.17. The summed E-state index contributed by atoms with van der Waals surface area (Å²) in [6, 6.07) is 1.88. The minimum Gasteiger partial charge on any atom is -0.384 e. The van der Waals surface area contributed by atoms with Crippen LogP contribution in [-0.2, 0) is 6.54 Å². The van der Waals surface area contributed by atoms with Crippen LogP contribution in [-0.4, -0.2) is 16.5 Å². The predicted octanol–water partition coefficient (Wildman–Crippen LogP) is 1.23. The van der Waals surface area contributed by atoms with Crippen molar-refractivity contribution in [2.75, 3.05) is 5.73 Å². The van der Waals surface area contributed by atoms with Gasteiger partial charge in [-0.1, -0.05) is 0 Å².